The van der Waals surface area contributed by atoms with E-state index in [-0.39, 0.29) is 30.7 Å². The minimum atomic E-state index is -3.92. The predicted molar refractivity (Wildman–Crippen MR) is 115 cm³/mol. The minimum Gasteiger partial charge on any atom is -0.386 e. The molecule has 166 valence electrons. The van der Waals surface area contributed by atoms with Crippen molar-refractivity contribution in [3.8, 4) is 0 Å². The molecule has 0 spiro atoms. The first-order valence-corrected chi connectivity index (χ1v) is 11.9. The van der Waals surface area contributed by atoms with Crippen LogP contribution in [-0.4, -0.2) is 49.8 Å². The molecule has 1 aromatic heterocycles. The van der Waals surface area contributed by atoms with Crippen molar-refractivity contribution in [2.24, 2.45) is 31.7 Å². The summed E-state index contributed by atoms with van der Waals surface area (Å²) in [7, 11) is -3.92. The molecule has 1 aromatic rings. The summed E-state index contributed by atoms with van der Waals surface area (Å²) < 4.78 is 39.8. The average Bonchev–Trinajstić information content (AvgIpc) is 2.95. The molecule has 0 saturated carbocycles. The number of rotatable bonds is 7. The Morgan fingerprint density at radius 1 is 1.17 bits per heavy atom. The second-order valence-electron chi connectivity index (χ2n) is 5.67. The van der Waals surface area contributed by atoms with Crippen LogP contribution in [0.2, 0.25) is 0 Å². The molecule has 29 heavy (non-hydrogen) atoms. The summed E-state index contributed by atoms with van der Waals surface area (Å²) in [5.41, 5.74) is 16.7. The minimum absolute atomic E-state index is 0.0144. The van der Waals surface area contributed by atoms with Crippen LogP contribution in [0.5, 0.6) is 0 Å². The van der Waals surface area contributed by atoms with Crippen LogP contribution in [0.4, 0.5) is 5.13 Å². The van der Waals surface area contributed by atoms with Gasteiger partial charge in [0.05, 0.1) is 5.69 Å². The molecule has 8 N–H and O–H groups in total. The van der Waals surface area contributed by atoms with E-state index in [9.17, 15) is 8.42 Å². The van der Waals surface area contributed by atoms with Crippen molar-refractivity contribution < 1.29 is 22.6 Å². The Hall–Kier alpha value is -1.49. The van der Waals surface area contributed by atoms with Crippen LogP contribution in [0.15, 0.2) is 14.8 Å². The summed E-state index contributed by atoms with van der Waals surface area (Å²) in [6.45, 7) is 5.57. The van der Waals surface area contributed by atoms with Gasteiger partial charge in [0.1, 0.15) is 5.84 Å². The Labute approximate surface area is 178 Å². The smallest absolute Gasteiger partial charge is 0.318 e. The number of nitrogens with two attached hydrogens (primary N) is 4. The maximum absolute atomic E-state index is 10.6. The van der Waals surface area contributed by atoms with Crippen molar-refractivity contribution in [1.82, 2.24) is 4.98 Å². The Kier molecular flexibility index (Phi) is 10.8. The Morgan fingerprint density at radius 2 is 1.72 bits per heavy atom. The first kappa shape index (κ1) is 25.5. The normalized spacial score (nSPS) is 22.5. The molecule has 1 aliphatic rings. The summed E-state index contributed by atoms with van der Waals surface area (Å²) in [6.07, 6.45) is -0.0809. The highest BCUT2D eigenvalue weighted by atomic mass is 32.2. The molecular weight excluding hydrogens is 442 g/mol. The van der Waals surface area contributed by atoms with Crippen LogP contribution < -0.4 is 22.3 Å². The lowest BCUT2D eigenvalue weighted by Crippen LogP contribution is -2.35. The highest BCUT2D eigenvalue weighted by molar-refractivity contribution is 7.98. The zero-order valence-electron chi connectivity index (χ0n) is 16.3. The van der Waals surface area contributed by atoms with Crippen LogP contribution in [0.25, 0.3) is 0 Å². The van der Waals surface area contributed by atoms with Gasteiger partial charge in [-0.3, -0.25) is 0 Å². The maximum atomic E-state index is 10.6. The van der Waals surface area contributed by atoms with E-state index in [0.717, 1.165) is 5.69 Å². The van der Waals surface area contributed by atoms with Gasteiger partial charge in [-0.15, -0.1) is 15.7 Å². The van der Waals surface area contributed by atoms with Crippen LogP contribution in [0, 0.1) is 0 Å². The van der Waals surface area contributed by atoms with Gasteiger partial charge in [0.2, 0.25) is 5.13 Å². The molecule has 15 heteroatoms. The average molecular weight is 470 g/mol. The summed E-state index contributed by atoms with van der Waals surface area (Å²) in [6, 6.07) is 0. The molecule has 0 amide bonds. The van der Waals surface area contributed by atoms with Crippen molar-refractivity contribution in [2.45, 2.75) is 51.8 Å². The van der Waals surface area contributed by atoms with Gasteiger partial charge >= 0.3 is 10.2 Å². The molecule has 2 rings (SSSR count). The molecule has 0 aliphatic carbocycles. The lowest BCUT2D eigenvalue weighted by Gasteiger charge is -2.30. The van der Waals surface area contributed by atoms with Gasteiger partial charge in [-0.05, 0) is 20.8 Å². The third-order valence-electron chi connectivity index (χ3n) is 2.91. The van der Waals surface area contributed by atoms with Crippen LogP contribution in [0.3, 0.4) is 0 Å². The molecule has 0 aromatic carbocycles. The molecule has 2 heterocycles. The fourth-order valence-electron chi connectivity index (χ4n) is 1.99. The molecule has 0 bridgehead atoms. The lowest BCUT2D eigenvalue weighted by atomic mass is 10.5. The Morgan fingerprint density at radius 3 is 2.21 bits per heavy atom. The van der Waals surface area contributed by atoms with Crippen molar-refractivity contribution in [3.05, 3.63) is 11.1 Å². The van der Waals surface area contributed by atoms with Gasteiger partial charge in [0.25, 0.3) is 0 Å². The van der Waals surface area contributed by atoms with Crippen molar-refractivity contribution >= 4 is 50.2 Å². The third kappa shape index (κ3) is 12.6. The van der Waals surface area contributed by atoms with E-state index < -0.39 is 10.2 Å². The number of aromatic nitrogens is 1. The Balaban J connectivity index is 0.000000387. The molecule has 12 nitrogen and oxygen atoms in total. The summed E-state index contributed by atoms with van der Waals surface area (Å²) >= 11 is 2.86. The quantitative estimate of drug-likeness (QED) is 0.244. The monoisotopic (exact) mass is 469 g/mol. The standard InChI is InChI=1S/C8H15N7O2S3.C6H12O3/c9-6(15-20(12,16)17)1-2-18-3-5-4-19-8(13-5)14-7(10)11;1-4-7-5(2)9-6(3)8-4/h4H,1-3H2,(H2,9,15)(H2,12,16,17)(H4,10,11,13,14);4-6H,1-3H3. The molecule has 1 aliphatic heterocycles. The van der Waals surface area contributed by atoms with Gasteiger partial charge in [-0.25, -0.2) is 10.1 Å². The number of thiazole rings is 1. The predicted octanol–water partition coefficient (Wildman–Crippen LogP) is 0.320. The number of hydrogen-bond donors (Lipinski definition) is 4. The summed E-state index contributed by atoms with van der Waals surface area (Å²) in [4.78, 5) is 8.03. The number of hydrogen-bond acceptors (Lipinski definition) is 9. The van der Waals surface area contributed by atoms with E-state index in [2.05, 4.69) is 14.4 Å². The molecule has 0 atom stereocenters. The SMILES string of the molecule is CC1OC(C)OC(C)O1.NC(N)=Nc1nc(CSCCC(N)=NS(N)(=O)=O)cs1. The Bertz CT molecular complexity index is 770. The molecule has 0 unspecified atom stereocenters. The van der Waals surface area contributed by atoms with Gasteiger partial charge in [0.15, 0.2) is 24.8 Å². The largest absolute Gasteiger partial charge is 0.386 e. The van der Waals surface area contributed by atoms with Gasteiger partial charge < -0.3 is 31.4 Å². The fraction of sp³-hybridized carbons (Fsp3) is 0.643. The third-order valence-corrected chi connectivity index (χ3v) is 5.18. The van der Waals surface area contributed by atoms with E-state index in [1.165, 1.54) is 23.1 Å². The highest BCUT2D eigenvalue weighted by Gasteiger charge is 2.20. The number of aliphatic imine (C=N–C) groups is 1. The van der Waals surface area contributed by atoms with Crippen molar-refractivity contribution in [2.75, 3.05) is 5.75 Å². The van der Waals surface area contributed by atoms with Crippen LogP contribution in [0.1, 0.15) is 32.9 Å². The second kappa shape index (κ2) is 12.3. The van der Waals surface area contributed by atoms with Crippen LogP contribution >= 0.6 is 23.1 Å². The number of amidine groups is 1. The summed E-state index contributed by atoms with van der Waals surface area (Å²) in [5.74, 6) is 1.18. The number of guanidine groups is 1. The van der Waals surface area contributed by atoms with E-state index >= 15 is 0 Å². The van der Waals surface area contributed by atoms with Gasteiger partial charge in [-0.1, -0.05) is 0 Å². The molecule has 0 radical (unpaired) electrons. The lowest BCUT2D eigenvalue weighted by molar-refractivity contribution is -0.367. The maximum Gasteiger partial charge on any atom is 0.318 e. The van der Waals surface area contributed by atoms with E-state index in [1.807, 2.05) is 26.2 Å². The van der Waals surface area contributed by atoms with E-state index in [1.54, 1.807) is 0 Å². The zero-order chi connectivity index (χ0) is 22.0. The number of nitrogens with zero attached hydrogens (tertiary/aromatic N) is 3. The molecule has 1 fully saturated rings. The van der Waals surface area contributed by atoms with Crippen LogP contribution in [-0.2, 0) is 30.2 Å². The summed E-state index contributed by atoms with van der Waals surface area (Å²) in [5, 5.41) is 7.07. The first-order chi connectivity index (χ1) is 13.4. The zero-order valence-corrected chi connectivity index (χ0v) is 18.8. The number of thioether (sulfide) groups is 1. The van der Waals surface area contributed by atoms with Gasteiger partial charge in [0, 0.05) is 23.3 Å². The first-order valence-electron chi connectivity index (χ1n) is 8.39. The van der Waals surface area contributed by atoms with E-state index in [0.29, 0.717) is 23.1 Å². The fourth-order valence-corrected chi connectivity index (χ4v) is 4.08. The molecule has 1 saturated heterocycles. The highest BCUT2D eigenvalue weighted by Crippen LogP contribution is 2.22. The van der Waals surface area contributed by atoms with Crippen molar-refractivity contribution in [3.63, 3.8) is 0 Å². The second-order valence-corrected chi connectivity index (χ2v) is 8.82. The number of ether oxygens (including phenoxy) is 3. The van der Waals surface area contributed by atoms with Crippen molar-refractivity contribution in [1.29, 1.82) is 0 Å². The van der Waals surface area contributed by atoms with E-state index in [4.69, 9.17) is 36.6 Å². The van der Waals surface area contributed by atoms with Gasteiger partial charge in [-0.2, -0.15) is 25.2 Å². The molecular formula is C14H27N7O5S3. The topological polar surface area (TPSA) is 204 Å².